The molecule has 0 bridgehead atoms. The normalized spacial score (nSPS) is 10.3. The van der Waals surface area contributed by atoms with Gasteiger partial charge in [0.15, 0.2) is 0 Å². The van der Waals surface area contributed by atoms with Gasteiger partial charge in [-0.2, -0.15) is 0 Å². The van der Waals surface area contributed by atoms with E-state index in [1.54, 1.807) is 6.07 Å². The van der Waals surface area contributed by atoms with E-state index in [2.05, 4.69) is 4.98 Å². The van der Waals surface area contributed by atoms with Crippen LogP contribution in [-0.2, 0) is 0 Å². The summed E-state index contributed by atoms with van der Waals surface area (Å²) >= 11 is 4.98. The number of rotatable bonds is 1. The van der Waals surface area contributed by atoms with Gasteiger partial charge in [0.25, 0.3) is 0 Å². The van der Waals surface area contributed by atoms with Crippen molar-refractivity contribution < 1.29 is 4.79 Å². The largest absolute Gasteiger partial charge is 0.366 e. The van der Waals surface area contributed by atoms with Crippen LogP contribution in [0.5, 0.6) is 0 Å². The highest BCUT2D eigenvalue weighted by Crippen LogP contribution is 2.15. The summed E-state index contributed by atoms with van der Waals surface area (Å²) in [6.45, 7) is 0. The number of hydrogen-bond donors (Lipinski definition) is 2. The van der Waals surface area contributed by atoms with Crippen molar-refractivity contribution in [3.05, 3.63) is 40.5 Å². The van der Waals surface area contributed by atoms with Crippen LogP contribution in [0.4, 0.5) is 0 Å². The summed E-state index contributed by atoms with van der Waals surface area (Å²) in [6.07, 6.45) is 0. The summed E-state index contributed by atoms with van der Waals surface area (Å²) < 4.78 is 0.512. The van der Waals surface area contributed by atoms with Crippen molar-refractivity contribution in [2.24, 2.45) is 5.73 Å². The predicted octanol–water partition coefficient (Wildman–Crippen LogP) is 2.00. The Morgan fingerprint density at radius 3 is 2.79 bits per heavy atom. The zero-order valence-corrected chi connectivity index (χ0v) is 8.10. The maximum atomic E-state index is 11.1. The molecule has 1 aromatic carbocycles. The van der Waals surface area contributed by atoms with E-state index in [1.165, 1.54) is 0 Å². The van der Waals surface area contributed by atoms with Crippen LogP contribution < -0.4 is 5.73 Å². The lowest BCUT2D eigenvalue weighted by atomic mass is 10.1. The second kappa shape index (κ2) is 3.23. The number of nitrogens with one attached hydrogen (secondary N) is 1. The molecule has 0 saturated carbocycles. The standard InChI is InChI=1S/C10H8N2OS/c11-10(13)7-5-9(14)12-8-4-2-1-3-6(7)8/h1-5H,(H2,11,13)(H,12,14). The Morgan fingerprint density at radius 1 is 1.36 bits per heavy atom. The molecule has 0 saturated heterocycles. The van der Waals surface area contributed by atoms with Gasteiger partial charge in [-0.1, -0.05) is 30.4 Å². The fourth-order valence-corrected chi connectivity index (χ4v) is 1.64. The molecular weight excluding hydrogens is 196 g/mol. The van der Waals surface area contributed by atoms with Crippen LogP contribution in [0.15, 0.2) is 30.3 Å². The van der Waals surface area contributed by atoms with Crippen molar-refractivity contribution in [3.8, 4) is 0 Å². The van der Waals surface area contributed by atoms with E-state index in [1.807, 2.05) is 24.3 Å². The van der Waals surface area contributed by atoms with E-state index in [0.29, 0.717) is 10.2 Å². The molecule has 1 aromatic heterocycles. The number of carbonyl (C=O) groups excluding carboxylic acids is 1. The Bertz CT molecular complexity index is 559. The van der Waals surface area contributed by atoms with Crippen molar-refractivity contribution in [3.63, 3.8) is 0 Å². The molecule has 0 radical (unpaired) electrons. The highest BCUT2D eigenvalue weighted by atomic mass is 32.1. The molecule has 3 N–H and O–H groups in total. The second-order valence-electron chi connectivity index (χ2n) is 2.96. The number of aromatic nitrogens is 1. The highest BCUT2D eigenvalue weighted by molar-refractivity contribution is 7.71. The lowest BCUT2D eigenvalue weighted by molar-refractivity contribution is 0.100. The number of fused-ring (bicyclic) bond motifs is 1. The van der Waals surface area contributed by atoms with Gasteiger partial charge in [0, 0.05) is 10.9 Å². The fraction of sp³-hybridized carbons (Fsp3) is 0. The third kappa shape index (κ3) is 1.40. The summed E-state index contributed by atoms with van der Waals surface area (Å²) in [5.41, 5.74) is 6.54. The first-order chi connectivity index (χ1) is 6.68. The Labute approximate surface area is 85.6 Å². The molecule has 2 aromatic rings. The maximum absolute atomic E-state index is 11.1. The number of nitrogens with two attached hydrogens (primary N) is 1. The van der Waals surface area contributed by atoms with E-state index < -0.39 is 5.91 Å². The van der Waals surface area contributed by atoms with Gasteiger partial charge in [-0.05, 0) is 12.1 Å². The first kappa shape index (κ1) is 8.90. The van der Waals surface area contributed by atoms with Crippen molar-refractivity contribution in [2.45, 2.75) is 0 Å². The first-order valence-corrected chi connectivity index (χ1v) is 4.51. The number of benzene rings is 1. The molecule has 70 valence electrons. The smallest absolute Gasteiger partial charge is 0.249 e. The van der Waals surface area contributed by atoms with Crippen molar-refractivity contribution in [2.75, 3.05) is 0 Å². The monoisotopic (exact) mass is 204 g/mol. The van der Waals surface area contributed by atoms with Gasteiger partial charge < -0.3 is 10.7 Å². The number of carbonyl (C=O) groups is 1. The first-order valence-electron chi connectivity index (χ1n) is 4.10. The molecule has 2 rings (SSSR count). The van der Waals surface area contributed by atoms with Gasteiger partial charge in [0.2, 0.25) is 5.91 Å². The molecule has 0 aliphatic rings. The number of primary amides is 1. The number of aromatic amines is 1. The second-order valence-corrected chi connectivity index (χ2v) is 3.40. The van der Waals surface area contributed by atoms with Gasteiger partial charge in [-0.15, -0.1) is 0 Å². The molecule has 0 unspecified atom stereocenters. The van der Waals surface area contributed by atoms with E-state index in [0.717, 1.165) is 10.9 Å². The van der Waals surface area contributed by atoms with Crippen molar-refractivity contribution in [1.82, 2.24) is 4.98 Å². The van der Waals surface area contributed by atoms with E-state index in [4.69, 9.17) is 18.0 Å². The van der Waals surface area contributed by atoms with E-state index in [-0.39, 0.29) is 0 Å². The third-order valence-electron chi connectivity index (χ3n) is 2.02. The molecule has 0 atom stereocenters. The van der Waals surface area contributed by atoms with Crippen molar-refractivity contribution in [1.29, 1.82) is 0 Å². The number of para-hydroxylation sites is 1. The molecule has 0 fully saturated rings. The van der Waals surface area contributed by atoms with Crippen molar-refractivity contribution >= 4 is 29.0 Å². The number of pyridine rings is 1. The quantitative estimate of drug-likeness (QED) is 0.698. The Kier molecular flexibility index (Phi) is 2.05. The van der Waals surface area contributed by atoms with Crippen LogP contribution in [0.2, 0.25) is 0 Å². The average molecular weight is 204 g/mol. The van der Waals surface area contributed by atoms with Crippen LogP contribution in [0.25, 0.3) is 10.9 Å². The lowest BCUT2D eigenvalue weighted by Gasteiger charge is -2.02. The minimum absolute atomic E-state index is 0.457. The third-order valence-corrected chi connectivity index (χ3v) is 2.24. The van der Waals surface area contributed by atoms with Crippen LogP contribution in [0.3, 0.4) is 0 Å². The molecule has 14 heavy (non-hydrogen) atoms. The average Bonchev–Trinajstić information content (AvgIpc) is 2.16. The molecule has 1 amide bonds. The van der Waals surface area contributed by atoms with Gasteiger partial charge in [0.05, 0.1) is 5.56 Å². The molecule has 4 heteroatoms. The summed E-state index contributed by atoms with van der Waals surface area (Å²) in [7, 11) is 0. The SMILES string of the molecule is NC(=O)c1cc(=S)[nH]c2ccccc12. The molecule has 0 spiro atoms. The number of hydrogen-bond acceptors (Lipinski definition) is 2. The van der Waals surface area contributed by atoms with E-state index in [9.17, 15) is 4.79 Å². The van der Waals surface area contributed by atoms with Gasteiger partial charge in [-0.3, -0.25) is 4.79 Å². The fourth-order valence-electron chi connectivity index (χ4n) is 1.41. The molecule has 1 heterocycles. The molecular formula is C10H8N2OS. The predicted molar refractivity (Wildman–Crippen MR) is 57.7 cm³/mol. The summed E-state index contributed by atoms with van der Waals surface area (Å²) in [5.74, 6) is -0.457. The zero-order chi connectivity index (χ0) is 10.1. The summed E-state index contributed by atoms with van der Waals surface area (Å²) in [6, 6.07) is 9.00. The molecule has 3 nitrogen and oxygen atoms in total. The topological polar surface area (TPSA) is 58.9 Å². The highest BCUT2D eigenvalue weighted by Gasteiger charge is 2.05. The van der Waals surface area contributed by atoms with Gasteiger partial charge in [-0.25, -0.2) is 0 Å². The van der Waals surface area contributed by atoms with Crippen LogP contribution >= 0.6 is 12.2 Å². The summed E-state index contributed by atoms with van der Waals surface area (Å²) in [4.78, 5) is 14.1. The van der Waals surface area contributed by atoms with Crippen LogP contribution in [0.1, 0.15) is 10.4 Å². The van der Waals surface area contributed by atoms with Crippen LogP contribution in [-0.4, -0.2) is 10.9 Å². The summed E-state index contributed by atoms with van der Waals surface area (Å²) in [5, 5.41) is 0.800. The minimum Gasteiger partial charge on any atom is -0.366 e. The Morgan fingerprint density at radius 2 is 2.07 bits per heavy atom. The number of amides is 1. The van der Waals surface area contributed by atoms with Gasteiger partial charge >= 0.3 is 0 Å². The molecule has 0 aliphatic carbocycles. The van der Waals surface area contributed by atoms with E-state index >= 15 is 0 Å². The van der Waals surface area contributed by atoms with Crippen LogP contribution in [0, 0.1) is 4.64 Å². The lowest BCUT2D eigenvalue weighted by Crippen LogP contribution is -2.11. The Hall–Kier alpha value is -1.68. The maximum Gasteiger partial charge on any atom is 0.249 e. The Balaban J connectivity index is 2.94. The minimum atomic E-state index is -0.457. The molecule has 0 aliphatic heterocycles. The zero-order valence-electron chi connectivity index (χ0n) is 7.28. The van der Waals surface area contributed by atoms with Gasteiger partial charge in [0.1, 0.15) is 4.64 Å². The number of H-pyrrole nitrogens is 1.